The molecule has 0 radical (unpaired) electrons. The number of ether oxygens (including phenoxy) is 3. The van der Waals surface area contributed by atoms with Crippen molar-refractivity contribution in [3.05, 3.63) is 89.9 Å². The molecule has 0 bridgehead atoms. The van der Waals surface area contributed by atoms with E-state index in [9.17, 15) is 4.79 Å². The van der Waals surface area contributed by atoms with Gasteiger partial charge >= 0.3 is 0 Å². The van der Waals surface area contributed by atoms with Gasteiger partial charge in [-0.3, -0.25) is 4.79 Å². The normalized spacial score (nSPS) is 17.2. The lowest BCUT2D eigenvalue weighted by atomic mass is 10.0. The van der Waals surface area contributed by atoms with E-state index in [-0.39, 0.29) is 11.9 Å². The number of benzene rings is 2. The topological polar surface area (TPSA) is 65.3 Å². The largest absolute Gasteiger partial charge is 0.487 e. The van der Waals surface area contributed by atoms with Crippen LogP contribution in [-0.2, 0) is 6.61 Å². The molecule has 7 heteroatoms. The molecule has 4 aromatic rings. The summed E-state index contributed by atoms with van der Waals surface area (Å²) in [5.41, 5.74) is 3.41. The van der Waals surface area contributed by atoms with Gasteiger partial charge in [0.05, 0.1) is 11.7 Å². The fraction of sp³-hybridized carbons (Fsp3) is 0.259. The SMILES string of the molecule is O=C(c1cccc(OCc2cn3ccccc3n2)c1)N1CCCC1c1ccc2c(c1)OCCO2. The van der Waals surface area contributed by atoms with Gasteiger partial charge in [-0.2, -0.15) is 0 Å². The van der Waals surface area contributed by atoms with Crippen molar-refractivity contribution in [2.45, 2.75) is 25.5 Å². The Labute approximate surface area is 197 Å². The van der Waals surface area contributed by atoms with Gasteiger partial charge < -0.3 is 23.5 Å². The van der Waals surface area contributed by atoms with Crippen LogP contribution in [0.2, 0.25) is 0 Å². The second kappa shape index (κ2) is 8.74. The van der Waals surface area contributed by atoms with Gasteiger partial charge in [0.15, 0.2) is 11.5 Å². The van der Waals surface area contributed by atoms with Crippen LogP contribution >= 0.6 is 0 Å². The molecule has 34 heavy (non-hydrogen) atoms. The molecule has 6 rings (SSSR count). The average Bonchev–Trinajstić information content (AvgIpc) is 3.54. The highest BCUT2D eigenvalue weighted by Crippen LogP contribution is 2.38. The lowest BCUT2D eigenvalue weighted by Crippen LogP contribution is -2.30. The first-order valence-electron chi connectivity index (χ1n) is 11.6. The summed E-state index contributed by atoms with van der Waals surface area (Å²) in [6.45, 7) is 2.18. The lowest BCUT2D eigenvalue weighted by molar-refractivity contribution is 0.0734. The number of hydrogen-bond acceptors (Lipinski definition) is 5. The molecule has 0 aliphatic carbocycles. The number of likely N-dealkylation sites (tertiary alicyclic amines) is 1. The maximum atomic E-state index is 13.5. The lowest BCUT2D eigenvalue weighted by Gasteiger charge is -2.27. The molecule has 0 N–H and O–H groups in total. The monoisotopic (exact) mass is 455 g/mol. The first-order chi connectivity index (χ1) is 16.7. The molecule has 1 atom stereocenters. The van der Waals surface area contributed by atoms with E-state index >= 15 is 0 Å². The van der Waals surface area contributed by atoms with Crippen molar-refractivity contribution in [2.24, 2.45) is 0 Å². The smallest absolute Gasteiger partial charge is 0.254 e. The molecule has 2 aliphatic heterocycles. The van der Waals surface area contributed by atoms with Gasteiger partial charge in [-0.05, 0) is 60.9 Å². The van der Waals surface area contributed by atoms with Crippen LogP contribution in [0.4, 0.5) is 0 Å². The Morgan fingerprint density at radius 1 is 1.03 bits per heavy atom. The summed E-state index contributed by atoms with van der Waals surface area (Å²) < 4.78 is 19.3. The number of carbonyl (C=O) groups excluding carboxylic acids is 1. The maximum Gasteiger partial charge on any atom is 0.254 e. The van der Waals surface area contributed by atoms with E-state index in [1.807, 2.05) is 82.4 Å². The Hall–Kier alpha value is -4.00. The number of carbonyl (C=O) groups is 1. The Balaban J connectivity index is 1.18. The minimum atomic E-state index is 0.00979. The summed E-state index contributed by atoms with van der Waals surface area (Å²) >= 11 is 0. The highest BCUT2D eigenvalue weighted by atomic mass is 16.6. The van der Waals surface area contributed by atoms with Crippen molar-refractivity contribution in [3.63, 3.8) is 0 Å². The van der Waals surface area contributed by atoms with Crippen molar-refractivity contribution in [1.29, 1.82) is 0 Å². The van der Waals surface area contributed by atoms with Gasteiger partial charge in [0.25, 0.3) is 5.91 Å². The molecule has 1 fully saturated rings. The Bertz CT molecular complexity index is 1320. The molecule has 172 valence electrons. The number of fused-ring (bicyclic) bond motifs is 2. The highest BCUT2D eigenvalue weighted by molar-refractivity contribution is 5.95. The Morgan fingerprint density at radius 3 is 2.85 bits per heavy atom. The van der Waals surface area contributed by atoms with Crippen LogP contribution in [0.25, 0.3) is 5.65 Å². The summed E-state index contributed by atoms with van der Waals surface area (Å²) in [6.07, 6.45) is 5.80. The van der Waals surface area contributed by atoms with Crippen molar-refractivity contribution >= 4 is 11.6 Å². The quantitative estimate of drug-likeness (QED) is 0.438. The summed E-state index contributed by atoms with van der Waals surface area (Å²) in [4.78, 5) is 20.0. The number of amides is 1. The predicted molar refractivity (Wildman–Crippen MR) is 126 cm³/mol. The van der Waals surface area contributed by atoms with Crippen LogP contribution in [0, 0.1) is 0 Å². The van der Waals surface area contributed by atoms with E-state index in [2.05, 4.69) is 4.98 Å². The number of rotatable bonds is 5. The van der Waals surface area contributed by atoms with E-state index in [0.29, 0.717) is 31.1 Å². The van der Waals surface area contributed by atoms with Gasteiger partial charge in [-0.15, -0.1) is 0 Å². The molecule has 0 saturated carbocycles. The van der Waals surface area contributed by atoms with Crippen molar-refractivity contribution in [2.75, 3.05) is 19.8 Å². The summed E-state index contributed by atoms with van der Waals surface area (Å²) in [6, 6.07) is 19.3. The molecule has 4 heterocycles. The molecular formula is C27H25N3O4. The van der Waals surface area contributed by atoms with E-state index in [1.54, 1.807) is 0 Å². The van der Waals surface area contributed by atoms with Crippen LogP contribution < -0.4 is 14.2 Å². The zero-order valence-corrected chi connectivity index (χ0v) is 18.7. The van der Waals surface area contributed by atoms with Gasteiger partial charge in [0.1, 0.15) is 31.2 Å². The third kappa shape index (κ3) is 3.94. The highest BCUT2D eigenvalue weighted by Gasteiger charge is 2.31. The van der Waals surface area contributed by atoms with E-state index in [4.69, 9.17) is 14.2 Å². The second-order valence-corrected chi connectivity index (χ2v) is 8.57. The van der Waals surface area contributed by atoms with Gasteiger partial charge in [-0.1, -0.05) is 18.2 Å². The zero-order chi connectivity index (χ0) is 22.9. The maximum absolute atomic E-state index is 13.5. The van der Waals surface area contributed by atoms with Crippen LogP contribution in [0.15, 0.2) is 73.1 Å². The van der Waals surface area contributed by atoms with Crippen molar-refractivity contribution in [3.8, 4) is 17.2 Å². The number of aromatic nitrogens is 2. The third-order valence-corrected chi connectivity index (χ3v) is 6.35. The van der Waals surface area contributed by atoms with Crippen LogP contribution in [-0.4, -0.2) is 40.0 Å². The van der Waals surface area contributed by atoms with Gasteiger partial charge in [-0.25, -0.2) is 4.98 Å². The van der Waals surface area contributed by atoms with Crippen LogP contribution in [0.3, 0.4) is 0 Å². The third-order valence-electron chi connectivity index (χ3n) is 6.35. The Kier molecular flexibility index (Phi) is 5.30. The molecule has 1 unspecified atom stereocenters. The average molecular weight is 456 g/mol. The summed E-state index contributed by atoms with van der Waals surface area (Å²) in [7, 11) is 0. The molecule has 0 spiro atoms. The summed E-state index contributed by atoms with van der Waals surface area (Å²) in [5, 5.41) is 0. The van der Waals surface area contributed by atoms with Gasteiger partial charge in [0.2, 0.25) is 0 Å². The number of hydrogen-bond donors (Lipinski definition) is 0. The molecule has 7 nitrogen and oxygen atoms in total. The Morgan fingerprint density at radius 2 is 1.94 bits per heavy atom. The zero-order valence-electron chi connectivity index (χ0n) is 18.7. The molecule has 1 amide bonds. The van der Waals surface area contributed by atoms with E-state index < -0.39 is 0 Å². The predicted octanol–water partition coefficient (Wildman–Crippen LogP) is 4.66. The fourth-order valence-electron chi connectivity index (χ4n) is 4.72. The number of nitrogens with zero attached hydrogens (tertiary/aromatic N) is 3. The summed E-state index contributed by atoms with van der Waals surface area (Å²) in [5.74, 6) is 2.18. The fourth-order valence-corrected chi connectivity index (χ4v) is 4.72. The van der Waals surface area contributed by atoms with Crippen molar-refractivity contribution in [1.82, 2.24) is 14.3 Å². The van der Waals surface area contributed by atoms with Crippen LogP contribution in [0.5, 0.6) is 17.2 Å². The first kappa shape index (κ1) is 20.6. The molecule has 1 saturated heterocycles. The minimum Gasteiger partial charge on any atom is -0.487 e. The molecule has 2 aromatic heterocycles. The minimum absolute atomic E-state index is 0.00979. The molecule has 2 aliphatic rings. The van der Waals surface area contributed by atoms with Gasteiger partial charge in [0, 0.05) is 24.5 Å². The molecular weight excluding hydrogens is 430 g/mol. The van der Waals surface area contributed by atoms with Crippen LogP contribution in [0.1, 0.15) is 40.5 Å². The van der Waals surface area contributed by atoms with E-state index in [0.717, 1.165) is 47.8 Å². The standard InChI is InChI=1S/C27H25N3O4/c31-27(30-12-4-7-23(30)19-9-10-24-25(16-19)33-14-13-32-24)20-5-3-6-22(15-20)34-18-21-17-29-11-2-1-8-26(29)28-21/h1-3,5-6,8-11,15-17,23H,4,7,12-14,18H2. The second-order valence-electron chi connectivity index (χ2n) is 8.57. The van der Waals surface area contributed by atoms with Crippen molar-refractivity contribution < 1.29 is 19.0 Å². The number of pyridine rings is 1. The first-order valence-corrected chi connectivity index (χ1v) is 11.6. The molecule has 2 aromatic carbocycles. The number of imidazole rings is 1. The van der Waals surface area contributed by atoms with E-state index in [1.165, 1.54) is 0 Å².